The summed E-state index contributed by atoms with van der Waals surface area (Å²) in [7, 11) is 0. The van der Waals surface area contributed by atoms with E-state index >= 15 is 0 Å². The fourth-order valence-corrected chi connectivity index (χ4v) is 3.22. The Morgan fingerprint density at radius 3 is 2.96 bits per heavy atom. The van der Waals surface area contributed by atoms with Gasteiger partial charge in [-0.05, 0) is 31.9 Å². The lowest BCUT2D eigenvalue weighted by Gasteiger charge is -2.38. The lowest BCUT2D eigenvalue weighted by atomic mass is 9.91. The Labute approximate surface area is 150 Å². The van der Waals surface area contributed by atoms with Crippen LogP contribution < -0.4 is 5.32 Å². The Kier molecular flexibility index (Phi) is 5.33. The molecule has 2 heterocycles. The molecule has 1 aliphatic heterocycles. The third kappa shape index (κ3) is 3.91. The number of carbonyl (C=O) groups is 1. The molecule has 8 heteroatoms. The van der Waals surface area contributed by atoms with Crippen molar-refractivity contribution >= 4 is 5.91 Å². The van der Waals surface area contributed by atoms with E-state index in [1.54, 1.807) is 0 Å². The summed E-state index contributed by atoms with van der Waals surface area (Å²) in [6, 6.07) is 5.76. The molecule has 0 radical (unpaired) electrons. The highest BCUT2D eigenvalue weighted by molar-refractivity contribution is 5.86. The number of amides is 1. The summed E-state index contributed by atoms with van der Waals surface area (Å²) in [6.07, 6.45) is 0.906. The molecule has 0 aliphatic carbocycles. The van der Waals surface area contributed by atoms with E-state index < -0.39 is 23.1 Å². The van der Waals surface area contributed by atoms with E-state index in [9.17, 15) is 18.7 Å². The van der Waals surface area contributed by atoms with Crippen LogP contribution in [-0.4, -0.2) is 44.8 Å². The Balaban J connectivity index is 1.63. The van der Waals surface area contributed by atoms with Gasteiger partial charge < -0.3 is 15.3 Å². The first-order chi connectivity index (χ1) is 12.4. The van der Waals surface area contributed by atoms with Crippen molar-refractivity contribution in [1.82, 2.24) is 20.4 Å². The van der Waals surface area contributed by atoms with Gasteiger partial charge in [0, 0.05) is 37.4 Å². The zero-order valence-corrected chi connectivity index (χ0v) is 14.6. The lowest BCUT2D eigenvalue weighted by molar-refractivity contribution is -0.157. The van der Waals surface area contributed by atoms with Crippen molar-refractivity contribution in [2.24, 2.45) is 0 Å². The van der Waals surface area contributed by atoms with Gasteiger partial charge in [-0.25, -0.2) is 8.78 Å². The number of H-pyrrole nitrogens is 1. The van der Waals surface area contributed by atoms with Gasteiger partial charge in [-0.15, -0.1) is 0 Å². The van der Waals surface area contributed by atoms with E-state index in [-0.39, 0.29) is 18.7 Å². The number of benzene rings is 1. The summed E-state index contributed by atoms with van der Waals surface area (Å²) < 4.78 is 27.2. The lowest BCUT2D eigenvalue weighted by Crippen LogP contribution is -2.57. The van der Waals surface area contributed by atoms with Crippen molar-refractivity contribution in [3.05, 3.63) is 52.9 Å². The molecule has 6 nitrogen and oxygen atoms in total. The maximum atomic E-state index is 13.9. The third-order valence-electron chi connectivity index (χ3n) is 4.58. The number of aryl methyl sites for hydroxylation is 1. The largest absolute Gasteiger partial charge is 0.379 e. The standard InChI is InChI=1S/C18H22F2N4O2/c1-12-8-14(23-22-12)9-21-11-18(26)6-3-7-24(17(18)25)10-13-4-2-5-15(19)16(13)20/h2,4-5,8,21,26H,3,6-7,9-11H2,1H3,(H,22,23)/t18-/m0/s1. The molecule has 1 aromatic carbocycles. The van der Waals surface area contributed by atoms with Crippen molar-refractivity contribution < 1.29 is 18.7 Å². The van der Waals surface area contributed by atoms with Gasteiger partial charge in [0.2, 0.25) is 0 Å². The average molecular weight is 364 g/mol. The van der Waals surface area contributed by atoms with Crippen LogP contribution in [0, 0.1) is 18.6 Å². The van der Waals surface area contributed by atoms with E-state index in [0.717, 1.165) is 17.5 Å². The Morgan fingerprint density at radius 2 is 2.23 bits per heavy atom. The number of likely N-dealkylation sites (tertiary alicyclic amines) is 1. The summed E-state index contributed by atoms with van der Waals surface area (Å²) in [5.41, 5.74) is 0.251. The first-order valence-electron chi connectivity index (χ1n) is 8.55. The normalized spacial score (nSPS) is 20.6. The maximum absolute atomic E-state index is 13.9. The molecule has 1 aliphatic rings. The minimum absolute atomic E-state index is 0.0662. The van der Waals surface area contributed by atoms with Crippen LogP contribution in [0.25, 0.3) is 0 Å². The highest BCUT2D eigenvalue weighted by Crippen LogP contribution is 2.25. The molecule has 1 saturated heterocycles. The van der Waals surface area contributed by atoms with Crippen LogP contribution in [0.1, 0.15) is 29.8 Å². The summed E-state index contributed by atoms with van der Waals surface area (Å²) in [5.74, 6) is -2.38. The minimum atomic E-state index is -1.56. The first-order valence-corrected chi connectivity index (χ1v) is 8.55. The average Bonchev–Trinajstić information content (AvgIpc) is 3.01. The number of aromatic nitrogens is 2. The third-order valence-corrected chi connectivity index (χ3v) is 4.58. The predicted octanol–water partition coefficient (Wildman–Crippen LogP) is 1.64. The molecular formula is C18H22F2N4O2. The zero-order valence-electron chi connectivity index (χ0n) is 14.6. The number of hydrogen-bond donors (Lipinski definition) is 3. The number of aliphatic hydroxyl groups is 1. The molecule has 1 fully saturated rings. The van der Waals surface area contributed by atoms with E-state index in [1.807, 2.05) is 13.0 Å². The number of nitrogens with zero attached hydrogens (tertiary/aromatic N) is 2. The molecule has 3 N–H and O–H groups in total. The van der Waals surface area contributed by atoms with Gasteiger partial charge in [-0.1, -0.05) is 12.1 Å². The van der Waals surface area contributed by atoms with Crippen LogP contribution in [-0.2, 0) is 17.9 Å². The monoisotopic (exact) mass is 364 g/mol. The van der Waals surface area contributed by atoms with E-state index in [4.69, 9.17) is 0 Å². The number of piperidine rings is 1. The quantitative estimate of drug-likeness (QED) is 0.728. The van der Waals surface area contributed by atoms with Crippen LogP contribution >= 0.6 is 0 Å². The second-order valence-electron chi connectivity index (χ2n) is 6.72. The number of rotatable bonds is 6. The summed E-state index contributed by atoms with van der Waals surface area (Å²) in [6.45, 7) is 2.70. The number of halogens is 2. The van der Waals surface area contributed by atoms with Gasteiger partial charge in [0.15, 0.2) is 17.2 Å². The Hall–Kier alpha value is -2.32. The van der Waals surface area contributed by atoms with Crippen LogP contribution in [0.15, 0.2) is 24.3 Å². The first kappa shape index (κ1) is 18.5. The second-order valence-corrected chi connectivity index (χ2v) is 6.72. The van der Waals surface area contributed by atoms with E-state index in [1.165, 1.54) is 17.0 Å². The van der Waals surface area contributed by atoms with Gasteiger partial charge in [-0.2, -0.15) is 5.10 Å². The van der Waals surface area contributed by atoms with Crippen LogP contribution in [0.5, 0.6) is 0 Å². The number of aromatic amines is 1. The van der Waals surface area contributed by atoms with Crippen molar-refractivity contribution in [1.29, 1.82) is 0 Å². The summed E-state index contributed by atoms with van der Waals surface area (Å²) >= 11 is 0. The molecule has 0 bridgehead atoms. The molecule has 140 valence electrons. The van der Waals surface area contributed by atoms with E-state index in [2.05, 4.69) is 15.5 Å². The molecular weight excluding hydrogens is 342 g/mol. The Bertz CT molecular complexity index is 795. The van der Waals surface area contributed by atoms with Gasteiger partial charge >= 0.3 is 0 Å². The van der Waals surface area contributed by atoms with Crippen LogP contribution in [0.3, 0.4) is 0 Å². The van der Waals surface area contributed by atoms with Crippen molar-refractivity contribution in [2.75, 3.05) is 13.1 Å². The number of hydrogen-bond acceptors (Lipinski definition) is 4. The molecule has 0 saturated carbocycles. The number of carbonyl (C=O) groups excluding carboxylic acids is 1. The molecule has 1 amide bonds. The fourth-order valence-electron chi connectivity index (χ4n) is 3.22. The molecule has 0 spiro atoms. The van der Waals surface area contributed by atoms with Gasteiger partial charge in [0.25, 0.3) is 5.91 Å². The summed E-state index contributed by atoms with van der Waals surface area (Å²) in [4.78, 5) is 14.1. The second kappa shape index (κ2) is 7.51. The molecule has 1 atom stereocenters. The van der Waals surface area contributed by atoms with E-state index in [0.29, 0.717) is 25.9 Å². The van der Waals surface area contributed by atoms with Crippen molar-refractivity contribution in [2.45, 2.75) is 38.5 Å². The Morgan fingerprint density at radius 1 is 1.42 bits per heavy atom. The maximum Gasteiger partial charge on any atom is 0.256 e. The molecule has 0 unspecified atom stereocenters. The van der Waals surface area contributed by atoms with Gasteiger partial charge in [0.05, 0.1) is 5.69 Å². The van der Waals surface area contributed by atoms with Crippen molar-refractivity contribution in [3.63, 3.8) is 0 Å². The van der Waals surface area contributed by atoms with Crippen LogP contribution in [0.4, 0.5) is 8.78 Å². The predicted molar refractivity (Wildman–Crippen MR) is 91.0 cm³/mol. The van der Waals surface area contributed by atoms with Crippen molar-refractivity contribution in [3.8, 4) is 0 Å². The molecule has 2 aromatic rings. The van der Waals surface area contributed by atoms with Gasteiger partial charge in [-0.3, -0.25) is 9.89 Å². The number of nitrogens with one attached hydrogen (secondary N) is 2. The van der Waals surface area contributed by atoms with Crippen LogP contribution in [0.2, 0.25) is 0 Å². The SMILES string of the molecule is Cc1cc(CNC[C@@]2(O)CCCN(Cc3cccc(F)c3F)C2=O)n[nH]1. The zero-order chi connectivity index (χ0) is 18.7. The minimum Gasteiger partial charge on any atom is -0.379 e. The topological polar surface area (TPSA) is 81.2 Å². The molecule has 3 rings (SSSR count). The molecule has 26 heavy (non-hydrogen) atoms. The highest BCUT2D eigenvalue weighted by Gasteiger charge is 2.42. The summed E-state index contributed by atoms with van der Waals surface area (Å²) in [5, 5.41) is 20.7. The molecule has 1 aromatic heterocycles. The van der Waals surface area contributed by atoms with Gasteiger partial charge in [0.1, 0.15) is 0 Å². The smallest absolute Gasteiger partial charge is 0.256 e. The highest BCUT2D eigenvalue weighted by atomic mass is 19.2. The fraction of sp³-hybridized carbons (Fsp3) is 0.444.